The third-order valence-corrected chi connectivity index (χ3v) is 2.52. The van der Waals surface area contributed by atoms with Crippen LogP contribution in [0, 0.1) is 5.82 Å². The summed E-state index contributed by atoms with van der Waals surface area (Å²) in [5, 5.41) is 13.5. The molecule has 5 nitrogen and oxygen atoms in total. The highest BCUT2D eigenvalue weighted by atomic mass is 35.5. The van der Waals surface area contributed by atoms with Crippen molar-refractivity contribution < 1.29 is 19.1 Å². The lowest BCUT2D eigenvalue weighted by atomic mass is 10.3. The number of amides is 2. The number of nitrogens with one attached hydrogen (secondary N) is 2. The second-order valence-corrected chi connectivity index (χ2v) is 4.38. The Morgan fingerprint density at radius 2 is 2.11 bits per heavy atom. The standard InChI is InChI=1S/C12H14ClFN2O3/c1-7(17)4-5-15-11(18)12(19)16-8-2-3-10(14)9(13)6-8/h2-3,6-7,17H,4-5H2,1H3,(H,15,18)(H,16,19). The zero-order valence-electron chi connectivity index (χ0n) is 10.2. The third kappa shape index (κ3) is 5.23. The van der Waals surface area contributed by atoms with Gasteiger partial charge in [-0.15, -0.1) is 0 Å². The molecule has 0 saturated heterocycles. The van der Waals surface area contributed by atoms with Gasteiger partial charge in [0.05, 0.1) is 11.1 Å². The SMILES string of the molecule is CC(O)CCNC(=O)C(=O)Nc1ccc(F)c(Cl)c1. The molecule has 0 aliphatic rings. The minimum absolute atomic E-state index is 0.146. The summed E-state index contributed by atoms with van der Waals surface area (Å²) >= 11 is 5.54. The molecule has 0 spiro atoms. The van der Waals surface area contributed by atoms with Gasteiger partial charge in [0.25, 0.3) is 0 Å². The molecule has 1 aromatic rings. The molecule has 0 aliphatic heterocycles. The van der Waals surface area contributed by atoms with E-state index < -0.39 is 23.7 Å². The second-order valence-electron chi connectivity index (χ2n) is 3.98. The lowest BCUT2D eigenvalue weighted by Crippen LogP contribution is -2.36. The monoisotopic (exact) mass is 288 g/mol. The number of aliphatic hydroxyl groups excluding tert-OH is 1. The van der Waals surface area contributed by atoms with E-state index in [1.807, 2.05) is 0 Å². The van der Waals surface area contributed by atoms with Crippen LogP contribution in [-0.2, 0) is 9.59 Å². The predicted molar refractivity (Wildman–Crippen MR) is 69.3 cm³/mol. The van der Waals surface area contributed by atoms with Crippen molar-refractivity contribution in [2.45, 2.75) is 19.4 Å². The third-order valence-electron chi connectivity index (χ3n) is 2.23. The molecular formula is C12H14ClFN2O3. The van der Waals surface area contributed by atoms with Crippen LogP contribution in [-0.4, -0.2) is 29.6 Å². The van der Waals surface area contributed by atoms with E-state index in [4.69, 9.17) is 16.7 Å². The smallest absolute Gasteiger partial charge is 0.313 e. The van der Waals surface area contributed by atoms with Gasteiger partial charge in [-0.2, -0.15) is 0 Å². The van der Waals surface area contributed by atoms with Gasteiger partial charge in [-0.25, -0.2) is 4.39 Å². The van der Waals surface area contributed by atoms with Crippen molar-refractivity contribution in [3.8, 4) is 0 Å². The lowest BCUT2D eigenvalue weighted by molar-refractivity contribution is -0.136. The number of carbonyl (C=O) groups excluding carboxylic acids is 2. The molecule has 0 aromatic heterocycles. The van der Waals surface area contributed by atoms with E-state index in [-0.39, 0.29) is 17.3 Å². The van der Waals surface area contributed by atoms with Crippen LogP contribution in [0.1, 0.15) is 13.3 Å². The molecule has 0 heterocycles. The molecule has 0 radical (unpaired) electrons. The molecule has 0 bridgehead atoms. The van der Waals surface area contributed by atoms with Gasteiger partial charge in [0.1, 0.15) is 5.82 Å². The molecule has 1 atom stereocenters. The Balaban J connectivity index is 2.49. The molecule has 1 aromatic carbocycles. The maximum atomic E-state index is 12.9. The van der Waals surface area contributed by atoms with E-state index in [1.165, 1.54) is 12.1 Å². The van der Waals surface area contributed by atoms with Crippen molar-refractivity contribution in [1.29, 1.82) is 0 Å². The van der Waals surface area contributed by atoms with Crippen molar-refractivity contribution in [2.75, 3.05) is 11.9 Å². The molecule has 0 fully saturated rings. The Hall–Kier alpha value is -1.66. The zero-order chi connectivity index (χ0) is 14.4. The lowest BCUT2D eigenvalue weighted by Gasteiger charge is -2.08. The fraction of sp³-hybridized carbons (Fsp3) is 0.333. The number of rotatable bonds is 4. The zero-order valence-corrected chi connectivity index (χ0v) is 11.0. The molecule has 1 unspecified atom stereocenters. The molecule has 0 aliphatic carbocycles. The normalized spacial score (nSPS) is 11.8. The first-order chi connectivity index (χ1) is 8.90. The molecule has 3 N–H and O–H groups in total. The van der Waals surface area contributed by atoms with Gasteiger partial charge in [-0.05, 0) is 31.5 Å². The summed E-state index contributed by atoms with van der Waals surface area (Å²) < 4.78 is 12.9. The second kappa shape index (κ2) is 7.06. The Morgan fingerprint density at radius 3 is 2.68 bits per heavy atom. The summed E-state index contributed by atoms with van der Waals surface area (Å²) in [6, 6.07) is 3.59. The summed E-state index contributed by atoms with van der Waals surface area (Å²) in [5.41, 5.74) is 0.224. The number of halogens is 2. The molecule has 7 heteroatoms. The van der Waals surface area contributed by atoms with Gasteiger partial charge in [-0.3, -0.25) is 9.59 Å². The van der Waals surface area contributed by atoms with Gasteiger partial charge in [0, 0.05) is 12.2 Å². The van der Waals surface area contributed by atoms with Crippen molar-refractivity contribution in [3.63, 3.8) is 0 Å². The molecular weight excluding hydrogens is 275 g/mol. The molecule has 1 rings (SSSR count). The summed E-state index contributed by atoms with van der Waals surface area (Å²) in [6.07, 6.45) is -0.208. The van der Waals surface area contributed by atoms with Crippen LogP contribution in [0.3, 0.4) is 0 Å². The van der Waals surface area contributed by atoms with Crippen LogP contribution in [0.5, 0.6) is 0 Å². The van der Waals surface area contributed by atoms with Gasteiger partial charge < -0.3 is 15.7 Å². The maximum Gasteiger partial charge on any atom is 0.313 e. The predicted octanol–water partition coefficient (Wildman–Crippen LogP) is 1.30. The van der Waals surface area contributed by atoms with E-state index in [9.17, 15) is 14.0 Å². The maximum absolute atomic E-state index is 12.9. The molecule has 104 valence electrons. The molecule has 2 amide bonds. The minimum atomic E-state index is -0.881. The van der Waals surface area contributed by atoms with Crippen LogP contribution in [0.2, 0.25) is 5.02 Å². The van der Waals surface area contributed by atoms with Crippen molar-refractivity contribution in [2.24, 2.45) is 0 Å². The van der Waals surface area contributed by atoms with Crippen LogP contribution in [0.25, 0.3) is 0 Å². The number of hydrogen-bond acceptors (Lipinski definition) is 3. The highest BCUT2D eigenvalue weighted by Gasteiger charge is 2.14. The number of anilines is 1. The van der Waals surface area contributed by atoms with Gasteiger partial charge in [0.2, 0.25) is 0 Å². The Kier molecular flexibility index (Phi) is 5.72. The van der Waals surface area contributed by atoms with E-state index in [0.29, 0.717) is 6.42 Å². The van der Waals surface area contributed by atoms with E-state index in [2.05, 4.69) is 10.6 Å². The minimum Gasteiger partial charge on any atom is -0.393 e. The van der Waals surface area contributed by atoms with E-state index in [0.717, 1.165) is 6.07 Å². The summed E-state index contributed by atoms with van der Waals surface area (Å²) in [4.78, 5) is 22.8. The van der Waals surface area contributed by atoms with Crippen LogP contribution < -0.4 is 10.6 Å². The first-order valence-corrected chi connectivity index (χ1v) is 6.00. The highest BCUT2D eigenvalue weighted by molar-refractivity contribution is 6.39. The number of hydrogen-bond donors (Lipinski definition) is 3. The summed E-state index contributed by atoms with van der Waals surface area (Å²) in [7, 11) is 0. The summed E-state index contributed by atoms with van der Waals surface area (Å²) in [5.74, 6) is -2.32. The number of aliphatic hydroxyl groups is 1. The van der Waals surface area contributed by atoms with Gasteiger partial charge in [-0.1, -0.05) is 11.6 Å². The summed E-state index contributed by atoms with van der Waals surface area (Å²) in [6.45, 7) is 1.76. The van der Waals surface area contributed by atoms with Crippen molar-refractivity contribution >= 4 is 29.1 Å². The quantitative estimate of drug-likeness (QED) is 0.731. The van der Waals surface area contributed by atoms with E-state index >= 15 is 0 Å². The van der Waals surface area contributed by atoms with Crippen LogP contribution >= 0.6 is 11.6 Å². The van der Waals surface area contributed by atoms with E-state index in [1.54, 1.807) is 6.92 Å². The topological polar surface area (TPSA) is 78.4 Å². The number of carbonyl (C=O) groups is 2. The Bertz CT molecular complexity index is 480. The van der Waals surface area contributed by atoms with Crippen LogP contribution in [0.4, 0.5) is 10.1 Å². The largest absolute Gasteiger partial charge is 0.393 e. The fourth-order valence-electron chi connectivity index (χ4n) is 1.24. The number of benzene rings is 1. The fourth-order valence-corrected chi connectivity index (χ4v) is 1.42. The Morgan fingerprint density at radius 1 is 1.42 bits per heavy atom. The van der Waals surface area contributed by atoms with Crippen molar-refractivity contribution in [3.05, 3.63) is 29.0 Å². The molecule has 19 heavy (non-hydrogen) atoms. The Labute approximate surface area is 114 Å². The first kappa shape index (κ1) is 15.4. The van der Waals surface area contributed by atoms with Gasteiger partial charge in [0.15, 0.2) is 0 Å². The highest BCUT2D eigenvalue weighted by Crippen LogP contribution is 2.19. The average molecular weight is 289 g/mol. The van der Waals surface area contributed by atoms with Crippen molar-refractivity contribution in [1.82, 2.24) is 5.32 Å². The van der Waals surface area contributed by atoms with Gasteiger partial charge >= 0.3 is 11.8 Å². The van der Waals surface area contributed by atoms with Crippen LogP contribution in [0.15, 0.2) is 18.2 Å². The average Bonchev–Trinajstić information content (AvgIpc) is 2.33. The molecule has 0 saturated carbocycles. The first-order valence-electron chi connectivity index (χ1n) is 5.62.